The number of hydrogen-bond acceptors (Lipinski definition) is 7. The summed E-state index contributed by atoms with van der Waals surface area (Å²) >= 11 is 0. The van der Waals surface area contributed by atoms with E-state index >= 15 is 0 Å². The molecule has 4 atom stereocenters. The molecule has 0 saturated carbocycles. The minimum absolute atomic E-state index is 0.0109. The summed E-state index contributed by atoms with van der Waals surface area (Å²) in [4.78, 5) is 27.8. The summed E-state index contributed by atoms with van der Waals surface area (Å²) in [6, 6.07) is 32.5. The van der Waals surface area contributed by atoms with Crippen LogP contribution in [0.5, 0.6) is 0 Å². The fourth-order valence-corrected chi connectivity index (χ4v) is 6.77. The van der Waals surface area contributed by atoms with Crippen LogP contribution in [0.1, 0.15) is 65.9 Å². The predicted molar refractivity (Wildman–Crippen MR) is 192 cm³/mol. The fraction of sp³-hybridized carbons (Fsp3) is 0.366. The lowest BCUT2D eigenvalue weighted by atomic mass is 9.98. The van der Waals surface area contributed by atoms with Crippen LogP contribution in [0.3, 0.4) is 0 Å². The number of likely N-dealkylation sites (tertiary alicyclic amines) is 1. The van der Waals surface area contributed by atoms with Gasteiger partial charge in [-0.15, -0.1) is 0 Å². The number of piperidine rings is 1. The Morgan fingerprint density at radius 3 is 2.28 bits per heavy atom. The molecular formula is C41H47N3O6. The normalized spacial score (nSPS) is 20.1. The number of benzene rings is 4. The van der Waals surface area contributed by atoms with E-state index in [4.69, 9.17) is 14.2 Å². The van der Waals surface area contributed by atoms with Crippen LogP contribution < -0.4 is 10.6 Å². The Kier molecular flexibility index (Phi) is 12.3. The van der Waals surface area contributed by atoms with E-state index in [0.29, 0.717) is 6.42 Å². The number of urea groups is 1. The van der Waals surface area contributed by atoms with Gasteiger partial charge in [-0.05, 0) is 71.4 Å². The van der Waals surface area contributed by atoms with Crippen molar-refractivity contribution in [2.75, 3.05) is 26.7 Å². The number of nitrogens with zero attached hydrogens (tertiary/aromatic N) is 1. The van der Waals surface area contributed by atoms with Crippen molar-refractivity contribution >= 4 is 12.0 Å². The van der Waals surface area contributed by atoms with Crippen LogP contribution in [0.25, 0.3) is 11.1 Å². The summed E-state index contributed by atoms with van der Waals surface area (Å²) in [6.45, 7) is 3.37. The fourth-order valence-electron chi connectivity index (χ4n) is 6.77. The second-order valence-corrected chi connectivity index (χ2v) is 13.1. The third-order valence-corrected chi connectivity index (χ3v) is 9.47. The molecule has 2 heterocycles. The summed E-state index contributed by atoms with van der Waals surface area (Å²) in [6.07, 6.45) is 4.18. The van der Waals surface area contributed by atoms with Crippen LogP contribution >= 0.6 is 0 Å². The Balaban J connectivity index is 1.13. The Bertz CT molecular complexity index is 1690. The van der Waals surface area contributed by atoms with Gasteiger partial charge < -0.3 is 34.9 Å². The second kappa shape index (κ2) is 17.4. The Labute approximate surface area is 294 Å². The smallest absolute Gasteiger partial charge is 0.328 e. The zero-order valence-electron chi connectivity index (χ0n) is 28.6. The SMILES string of the molecule is COC(=O)[C@H](Cc1ccccc1)NC(=O)NCc1cccc(-c2cccc([C@H]3O[C@@H](CN4CCCCC4)C[C@@H](c4ccc(CO)cc4)O3)c2)c1. The summed E-state index contributed by atoms with van der Waals surface area (Å²) in [5, 5.41) is 15.2. The van der Waals surface area contributed by atoms with Crippen molar-refractivity contribution in [1.82, 2.24) is 15.5 Å². The molecule has 0 bridgehead atoms. The molecule has 0 aromatic heterocycles. The molecule has 0 unspecified atom stereocenters. The van der Waals surface area contributed by atoms with Gasteiger partial charge in [0.15, 0.2) is 6.29 Å². The number of ether oxygens (including phenoxy) is 3. The van der Waals surface area contributed by atoms with Gasteiger partial charge in [-0.1, -0.05) is 97.4 Å². The number of rotatable bonds is 12. The van der Waals surface area contributed by atoms with Gasteiger partial charge in [0.05, 0.1) is 25.9 Å². The zero-order valence-corrected chi connectivity index (χ0v) is 28.6. The molecule has 2 amide bonds. The van der Waals surface area contributed by atoms with Gasteiger partial charge in [-0.3, -0.25) is 0 Å². The first-order valence-corrected chi connectivity index (χ1v) is 17.6. The lowest BCUT2D eigenvalue weighted by molar-refractivity contribution is -0.253. The summed E-state index contributed by atoms with van der Waals surface area (Å²) < 4.78 is 18.2. The number of hydrogen-bond donors (Lipinski definition) is 3. The molecule has 9 nitrogen and oxygen atoms in total. The maximum Gasteiger partial charge on any atom is 0.328 e. The highest BCUT2D eigenvalue weighted by Crippen LogP contribution is 2.39. The Hall–Kier alpha value is -4.54. The molecule has 0 radical (unpaired) electrons. The highest BCUT2D eigenvalue weighted by atomic mass is 16.7. The number of carbonyl (C=O) groups excluding carboxylic acids is 2. The highest BCUT2D eigenvalue weighted by molar-refractivity contribution is 5.83. The average Bonchev–Trinajstić information content (AvgIpc) is 3.17. The monoisotopic (exact) mass is 677 g/mol. The number of esters is 1. The zero-order chi connectivity index (χ0) is 34.7. The van der Waals surface area contributed by atoms with E-state index in [0.717, 1.165) is 65.0 Å². The van der Waals surface area contributed by atoms with Crippen molar-refractivity contribution in [3.8, 4) is 11.1 Å². The highest BCUT2D eigenvalue weighted by Gasteiger charge is 2.33. The first-order chi connectivity index (χ1) is 24.5. The van der Waals surface area contributed by atoms with E-state index in [9.17, 15) is 14.7 Å². The molecule has 4 aromatic rings. The average molecular weight is 678 g/mol. The van der Waals surface area contributed by atoms with Gasteiger partial charge >= 0.3 is 12.0 Å². The maximum atomic E-state index is 12.9. The molecule has 2 saturated heterocycles. The lowest BCUT2D eigenvalue weighted by Crippen LogP contribution is -2.47. The molecule has 0 aliphatic carbocycles. The molecular weight excluding hydrogens is 630 g/mol. The number of carbonyl (C=O) groups is 2. The topological polar surface area (TPSA) is 109 Å². The molecule has 6 rings (SSSR count). The van der Waals surface area contributed by atoms with Crippen LogP contribution in [0.4, 0.5) is 4.79 Å². The van der Waals surface area contributed by atoms with E-state index in [1.807, 2.05) is 84.9 Å². The van der Waals surface area contributed by atoms with Crippen LogP contribution in [0, 0.1) is 0 Å². The van der Waals surface area contributed by atoms with Gasteiger partial charge in [-0.25, -0.2) is 9.59 Å². The van der Waals surface area contributed by atoms with E-state index in [1.54, 1.807) is 0 Å². The number of aliphatic hydroxyl groups excluding tert-OH is 1. The van der Waals surface area contributed by atoms with Gasteiger partial charge in [-0.2, -0.15) is 0 Å². The quantitative estimate of drug-likeness (QED) is 0.148. The van der Waals surface area contributed by atoms with Crippen molar-refractivity contribution in [2.45, 2.75) is 69.8 Å². The van der Waals surface area contributed by atoms with Crippen molar-refractivity contribution in [3.05, 3.63) is 131 Å². The van der Waals surface area contributed by atoms with E-state index in [1.165, 1.54) is 26.4 Å². The summed E-state index contributed by atoms with van der Waals surface area (Å²) in [5.41, 5.74) is 6.75. The molecule has 2 aliphatic rings. The summed E-state index contributed by atoms with van der Waals surface area (Å²) in [5.74, 6) is -0.499. The molecule has 3 N–H and O–H groups in total. The third kappa shape index (κ3) is 9.57. The first-order valence-electron chi connectivity index (χ1n) is 17.6. The van der Waals surface area contributed by atoms with Gasteiger partial charge in [0.25, 0.3) is 0 Å². The first kappa shape index (κ1) is 35.3. The van der Waals surface area contributed by atoms with Crippen LogP contribution in [-0.2, 0) is 38.6 Å². The molecule has 50 heavy (non-hydrogen) atoms. The predicted octanol–water partition coefficient (Wildman–Crippen LogP) is 6.46. The maximum absolute atomic E-state index is 12.9. The van der Waals surface area contributed by atoms with Gasteiger partial charge in [0.2, 0.25) is 0 Å². The molecule has 2 fully saturated rings. The number of methoxy groups -OCH3 is 1. The largest absolute Gasteiger partial charge is 0.467 e. The van der Waals surface area contributed by atoms with Crippen molar-refractivity contribution in [1.29, 1.82) is 0 Å². The summed E-state index contributed by atoms with van der Waals surface area (Å²) in [7, 11) is 1.32. The van der Waals surface area contributed by atoms with Crippen molar-refractivity contribution in [2.24, 2.45) is 0 Å². The minimum atomic E-state index is -0.806. The lowest BCUT2D eigenvalue weighted by Gasteiger charge is -2.39. The molecule has 0 spiro atoms. The standard InChI is InChI=1S/C41H47N3O6/c1-48-39(46)37(23-29-10-4-2-5-11-29)43-41(47)42-26-31-12-8-13-33(22-31)34-14-9-15-35(24-34)40-49-36(27-44-20-6-3-7-21-44)25-38(50-40)32-18-16-30(28-45)17-19-32/h2,4-5,8-19,22,24,36-38,40,45H,3,6-7,20-21,23,25-28H2,1H3,(H2,42,43,47)/t36-,37+,38+,40+/m1/s1. The van der Waals surface area contributed by atoms with Crippen LogP contribution in [0.2, 0.25) is 0 Å². The van der Waals surface area contributed by atoms with Crippen LogP contribution in [0.15, 0.2) is 103 Å². The Morgan fingerprint density at radius 2 is 1.54 bits per heavy atom. The molecule has 262 valence electrons. The van der Waals surface area contributed by atoms with Crippen molar-refractivity contribution in [3.63, 3.8) is 0 Å². The van der Waals surface area contributed by atoms with E-state index in [2.05, 4.69) is 33.7 Å². The van der Waals surface area contributed by atoms with Gasteiger partial charge in [0, 0.05) is 31.5 Å². The minimum Gasteiger partial charge on any atom is -0.467 e. The second-order valence-electron chi connectivity index (χ2n) is 13.1. The van der Waals surface area contributed by atoms with Gasteiger partial charge in [0.1, 0.15) is 6.04 Å². The number of aliphatic hydroxyl groups is 1. The number of amides is 2. The van der Waals surface area contributed by atoms with Crippen LogP contribution in [-0.4, -0.2) is 60.9 Å². The Morgan fingerprint density at radius 1 is 0.820 bits per heavy atom. The number of nitrogens with one attached hydrogen (secondary N) is 2. The molecule has 2 aliphatic heterocycles. The molecule has 9 heteroatoms. The molecule has 4 aromatic carbocycles. The van der Waals surface area contributed by atoms with E-state index < -0.39 is 24.3 Å². The van der Waals surface area contributed by atoms with Crippen molar-refractivity contribution < 1.29 is 28.9 Å². The third-order valence-electron chi connectivity index (χ3n) is 9.47. The van der Waals surface area contributed by atoms with E-state index in [-0.39, 0.29) is 25.4 Å².